The van der Waals surface area contributed by atoms with Gasteiger partial charge in [0.1, 0.15) is 0 Å². The van der Waals surface area contributed by atoms with Crippen molar-refractivity contribution in [1.29, 1.82) is 0 Å². The number of halogens is 3. The van der Waals surface area contributed by atoms with Gasteiger partial charge in [-0.3, -0.25) is 5.10 Å². The van der Waals surface area contributed by atoms with Crippen LogP contribution in [0.2, 0.25) is 0 Å². The molecule has 0 saturated carbocycles. The molecule has 0 atom stereocenters. The van der Waals surface area contributed by atoms with Crippen molar-refractivity contribution < 1.29 is 13.2 Å². The second kappa shape index (κ2) is 3.32. The van der Waals surface area contributed by atoms with Gasteiger partial charge in [-0.25, -0.2) is 9.97 Å². The van der Waals surface area contributed by atoms with E-state index in [0.717, 1.165) is 5.69 Å². The van der Waals surface area contributed by atoms with E-state index in [9.17, 15) is 13.2 Å². The van der Waals surface area contributed by atoms with E-state index in [1.54, 1.807) is 24.7 Å². The van der Waals surface area contributed by atoms with Gasteiger partial charge >= 0.3 is 6.18 Å². The summed E-state index contributed by atoms with van der Waals surface area (Å²) in [6, 6.07) is 0. The van der Waals surface area contributed by atoms with Crippen LogP contribution in [0.3, 0.4) is 0 Å². The zero-order chi connectivity index (χ0) is 11.9. The smallest absolute Gasteiger partial charge is 0.329 e. The number of aromatic amines is 1. The van der Waals surface area contributed by atoms with E-state index in [2.05, 4.69) is 15.1 Å². The molecule has 0 radical (unpaired) electrons. The summed E-state index contributed by atoms with van der Waals surface area (Å²) in [7, 11) is 1.68. The maximum atomic E-state index is 12.3. The van der Waals surface area contributed by atoms with Gasteiger partial charge in [0.2, 0.25) is 11.6 Å². The first kappa shape index (κ1) is 10.7. The van der Waals surface area contributed by atoms with E-state index in [1.807, 2.05) is 5.10 Å². The Morgan fingerprint density at radius 1 is 1.38 bits per heavy atom. The fourth-order valence-electron chi connectivity index (χ4n) is 1.19. The summed E-state index contributed by atoms with van der Waals surface area (Å²) >= 11 is 0. The Balaban J connectivity index is 2.43. The minimum absolute atomic E-state index is 0.0667. The molecule has 0 unspecified atom stereocenters. The largest absolute Gasteiger partial charge is 0.451 e. The van der Waals surface area contributed by atoms with Gasteiger partial charge in [0.15, 0.2) is 5.82 Å². The third-order valence-electron chi connectivity index (χ3n) is 2.17. The lowest BCUT2D eigenvalue weighted by atomic mass is 10.5. The highest BCUT2D eigenvalue weighted by Gasteiger charge is 2.35. The number of imidazole rings is 1. The molecule has 2 aromatic heterocycles. The van der Waals surface area contributed by atoms with E-state index in [-0.39, 0.29) is 5.82 Å². The number of hydrogen-bond acceptors (Lipinski definition) is 3. The zero-order valence-corrected chi connectivity index (χ0v) is 8.50. The molecule has 0 fully saturated rings. The summed E-state index contributed by atoms with van der Waals surface area (Å²) in [5.41, 5.74) is 0.813. The van der Waals surface area contributed by atoms with E-state index < -0.39 is 12.0 Å². The van der Waals surface area contributed by atoms with Crippen molar-refractivity contribution in [2.24, 2.45) is 7.05 Å². The molecule has 5 nitrogen and oxygen atoms in total. The summed E-state index contributed by atoms with van der Waals surface area (Å²) in [5.74, 6) is -0.893. The zero-order valence-electron chi connectivity index (χ0n) is 8.50. The molecule has 0 bridgehead atoms. The van der Waals surface area contributed by atoms with Gasteiger partial charge in [-0.1, -0.05) is 0 Å². The van der Waals surface area contributed by atoms with Crippen molar-refractivity contribution >= 4 is 0 Å². The molecule has 1 N–H and O–H groups in total. The molecular formula is C8H8F3N5. The molecule has 0 aliphatic carbocycles. The average molecular weight is 231 g/mol. The Hall–Kier alpha value is -1.86. The lowest BCUT2D eigenvalue weighted by Crippen LogP contribution is -2.07. The Kier molecular flexibility index (Phi) is 2.21. The summed E-state index contributed by atoms with van der Waals surface area (Å²) < 4.78 is 38.4. The number of hydrogen-bond donors (Lipinski definition) is 1. The molecule has 0 spiro atoms. The number of nitrogens with zero attached hydrogens (tertiary/aromatic N) is 4. The first-order valence-electron chi connectivity index (χ1n) is 4.38. The number of alkyl halides is 3. The minimum atomic E-state index is -4.52. The van der Waals surface area contributed by atoms with Crippen molar-refractivity contribution in [1.82, 2.24) is 24.7 Å². The number of aryl methyl sites for hydroxylation is 1. The topological polar surface area (TPSA) is 59.4 Å². The predicted molar refractivity (Wildman–Crippen MR) is 48.3 cm³/mol. The van der Waals surface area contributed by atoms with Crippen LogP contribution in [0.1, 0.15) is 11.5 Å². The SMILES string of the molecule is Cc1cnc(-c2n[nH]c(C(F)(F)F)n2)n1C. The van der Waals surface area contributed by atoms with Crippen LogP contribution in [0.25, 0.3) is 11.6 Å². The van der Waals surface area contributed by atoms with Crippen LogP contribution in [0.15, 0.2) is 6.20 Å². The predicted octanol–water partition coefficient (Wildman–Crippen LogP) is 1.53. The van der Waals surface area contributed by atoms with Crippen LogP contribution in [-0.4, -0.2) is 24.7 Å². The first-order chi connectivity index (χ1) is 7.39. The maximum absolute atomic E-state index is 12.3. The Morgan fingerprint density at radius 3 is 2.50 bits per heavy atom. The van der Waals surface area contributed by atoms with Crippen LogP contribution in [0.5, 0.6) is 0 Å². The standard InChI is InChI=1S/C8H8F3N5/c1-4-3-12-6(16(4)2)5-13-7(15-14-5)8(9,10)11/h3H,1-2H3,(H,13,14,15). The third-order valence-corrected chi connectivity index (χ3v) is 2.17. The van der Waals surface area contributed by atoms with E-state index in [1.165, 1.54) is 0 Å². The second-order valence-electron chi connectivity index (χ2n) is 3.29. The van der Waals surface area contributed by atoms with Crippen LogP contribution >= 0.6 is 0 Å². The fraction of sp³-hybridized carbons (Fsp3) is 0.375. The number of H-pyrrole nitrogens is 1. The normalized spacial score (nSPS) is 12.1. The van der Waals surface area contributed by atoms with Crippen molar-refractivity contribution in [3.63, 3.8) is 0 Å². The van der Waals surface area contributed by atoms with Crippen molar-refractivity contribution in [3.8, 4) is 11.6 Å². The number of rotatable bonds is 1. The maximum Gasteiger partial charge on any atom is 0.451 e. The van der Waals surface area contributed by atoms with Crippen LogP contribution in [-0.2, 0) is 13.2 Å². The highest BCUT2D eigenvalue weighted by molar-refractivity contribution is 5.44. The van der Waals surface area contributed by atoms with Crippen LogP contribution < -0.4 is 0 Å². The molecule has 2 rings (SSSR count). The molecule has 2 heterocycles. The van der Waals surface area contributed by atoms with Crippen LogP contribution in [0.4, 0.5) is 13.2 Å². The number of nitrogens with one attached hydrogen (secondary N) is 1. The van der Waals surface area contributed by atoms with Crippen molar-refractivity contribution in [2.45, 2.75) is 13.1 Å². The summed E-state index contributed by atoms with van der Waals surface area (Å²) in [6.45, 7) is 1.79. The monoisotopic (exact) mass is 231 g/mol. The van der Waals surface area contributed by atoms with Gasteiger partial charge in [0, 0.05) is 18.9 Å². The Morgan fingerprint density at radius 2 is 2.06 bits per heavy atom. The Labute approximate surface area is 88.3 Å². The summed E-state index contributed by atoms with van der Waals surface area (Å²) in [4.78, 5) is 7.28. The minimum Gasteiger partial charge on any atom is -0.329 e. The molecule has 0 aromatic carbocycles. The molecule has 16 heavy (non-hydrogen) atoms. The first-order valence-corrected chi connectivity index (χ1v) is 4.38. The van der Waals surface area contributed by atoms with Gasteiger partial charge < -0.3 is 4.57 Å². The van der Waals surface area contributed by atoms with Crippen molar-refractivity contribution in [2.75, 3.05) is 0 Å². The van der Waals surface area contributed by atoms with Crippen LogP contribution in [0, 0.1) is 6.92 Å². The highest BCUT2D eigenvalue weighted by Crippen LogP contribution is 2.27. The molecule has 86 valence electrons. The molecule has 0 saturated heterocycles. The van der Waals surface area contributed by atoms with Gasteiger partial charge in [-0.05, 0) is 6.92 Å². The average Bonchev–Trinajstić information content (AvgIpc) is 2.74. The Bertz CT molecular complexity index is 510. The fourth-order valence-corrected chi connectivity index (χ4v) is 1.19. The van der Waals surface area contributed by atoms with Gasteiger partial charge in [-0.15, -0.1) is 5.10 Å². The molecule has 0 amide bonds. The molecule has 0 aliphatic rings. The van der Waals surface area contributed by atoms with E-state index >= 15 is 0 Å². The lowest BCUT2D eigenvalue weighted by Gasteiger charge is -1.99. The molecule has 0 aliphatic heterocycles. The van der Waals surface area contributed by atoms with Gasteiger partial charge in [-0.2, -0.15) is 13.2 Å². The van der Waals surface area contributed by atoms with E-state index in [4.69, 9.17) is 0 Å². The van der Waals surface area contributed by atoms with Gasteiger partial charge in [0.05, 0.1) is 0 Å². The summed E-state index contributed by atoms with van der Waals surface area (Å²) in [5, 5.41) is 5.33. The van der Waals surface area contributed by atoms with Crippen molar-refractivity contribution in [3.05, 3.63) is 17.7 Å². The second-order valence-corrected chi connectivity index (χ2v) is 3.29. The summed E-state index contributed by atoms with van der Waals surface area (Å²) in [6.07, 6.45) is -2.98. The molecule has 8 heteroatoms. The van der Waals surface area contributed by atoms with E-state index in [0.29, 0.717) is 5.82 Å². The molecule has 2 aromatic rings. The number of aromatic nitrogens is 5. The van der Waals surface area contributed by atoms with Gasteiger partial charge in [0.25, 0.3) is 0 Å². The third kappa shape index (κ3) is 1.66. The molecular weight excluding hydrogens is 223 g/mol. The quantitative estimate of drug-likeness (QED) is 0.809. The lowest BCUT2D eigenvalue weighted by molar-refractivity contribution is -0.144. The highest BCUT2D eigenvalue weighted by atomic mass is 19.4.